The molecule has 3 nitrogen and oxygen atoms in total. The number of aryl methyl sites for hydroxylation is 3. The Morgan fingerprint density at radius 1 is 1.04 bits per heavy atom. The van der Waals surface area contributed by atoms with Crippen LogP contribution in [0.4, 0.5) is 0 Å². The summed E-state index contributed by atoms with van der Waals surface area (Å²) < 4.78 is 5.91. The van der Waals surface area contributed by atoms with Crippen molar-refractivity contribution in [2.75, 3.05) is 0 Å². The van der Waals surface area contributed by atoms with Gasteiger partial charge >= 0.3 is 0 Å². The van der Waals surface area contributed by atoms with Gasteiger partial charge in [0.05, 0.1) is 6.04 Å². The largest absolute Gasteiger partial charge is 0.481 e. The van der Waals surface area contributed by atoms with Crippen molar-refractivity contribution in [1.29, 1.82) is 0 Å². The monoisotopic (exact) mass is 325 g/mol. The molecule has 2 rings (SSSR count). The zero-order valence-electron chi connectivity index (χ0n) is 15.2. The third kappa shape index (κ3) is 4.60. The normalized spacial score (nSPS) is 13.2. The molecule has 1 N–H and O–H groups in total. The number of ether oxygens (including phenoxy) is 1. The lowest BCUT2D eigenvalue weighted by molar-refractivity contribution is -0.128. The Balaban J connectivity index is 2.02. The van der Waals surface area contributed by atoms with Crippen LogP contribution in [0.5, 0.6) is 5.75 Å². The quantitative estimate of drug-likeness (QED) is 0.840. The van der Waals surface area contributed by atoms with E-state index in [9.17, 15) is 4.79 Å². The van der Waals surface area contributed by atoms with E-state index in [2.05, 4.69) is 31.3 Å². The van der Waals surface area contributed by atoms with Crippen LogP contribution in [-0.4, -0.2) is 12.0 Å². The van der Waals surface area contributed by atoms with Gasteiger partial charge in [0, 0.05) is 0 Å². The molecular weight excluding hydrogens is 298 g/mol. The second kappa shape index (κ2) is 8.00. The first-order valence-electron chi connectivity index (χ1n) is 8.51. The summed E-state index contributed by atoms with van der Waals surface area (Å²) in [5, 5.41) is 3.05. The summed E-state index contributed by atoms with van der Waals surface area (Å²) in [4.78, 5) is 12.5. The first kappa shape index (κ1) is 18.1. The smallest absolute Gasteiger partial charge is 0.261 e. The Hall–Kier alpha value is -2.29. The Bertz CT molecular complexity index is 691. The molecule has 0 radical (unpaired) electrons. The third-order valence-corrected chi connectivity index (χ3v) is 4.36. The van der Waals surface area contributed by atoms with Crippen molar-refractivity contribution in [3.8, 4) is 5.75 Å². The van der Waals surface area contributed by atoms with Crippen molar-refractivity contribution in [3.05, 3.63) is 64.7 Å². The highest BCUT2D eigenvalue weighted by molar-refractivity contribution is 5.81. The van der Waals surface area contributed by atoms with Gasteiger partial charge in [-0.3, -0.25) is 4.79 Å². The summed E-state index contributed by atoms with van der Waals surface area (Å²) in [5.74, 6) is 0.659. The van der Waals surface area contributed by atoms with Gasteiger partial charge in [-0.1, -0.05) is 42.8 Å². The molecule has 0 aromatic heterocycles. The average Bonchev–Trinajstić information content (AvgIpc) is 2.56. The van der Waals surface area contributed by atoms with Gasteiger partial charge < -0.3 is 10.1 Å². The molecule has 0 unspecified atom stereocenters. The maximum Gasteiger partial charge on any atom is 0.261 e. The molecule has 0 saturated heterocycles. The van der Waals surface area contributed by atoms with Crippen molar-refractivity contribution in [3.63, 3.8) is 0 Å². The minimum Gasteiger partial charge on any atom is -0.481 e. The molecule has 0 aliphatic rings. The SMILES string of the molecule is CC[C@H](Oc1ccc(C)c(C)c1)C(=O)N[C@@H](C)c1ccc(C)cc1. The van der Waals surface area contributed by atoms with E-state index in [0.717, 1.165) is 16.9 Å². The van der Waals surface area contributed by atoms with Gasteiger partial charge in [0.25, 0.3) is 5.91 Å². The fraction of sp³-hybridized carbons (Fsp3) is 0.381. The summed E-state index contributed by atoms with van der Waals surface area (Å²) in [6.45, 7) is 10.1. The topological polar surface area (TPSA) is 38.3 Å². The van der Waals surface area contributed by atoms with Gasteiger partial charge in [0.1, 0.15) is 5.75 Å². The molecule has 0 spiro atoms. The van der Waals surface area contributed by atoms with Crippen LogP contribution in [0.25, 0.3) is 0 Å². The van der Waals surface area contributed by atoms with Crippen molar-refractivity contribution < 1.29 is 9.53 Å². The van der Waals surface area contributed by atoms with Gasteiger partial charge in [-0.05, 0) is 62.9 Å². The molecule has 2 aromatic carbocycles. The van der Waals surface area contributed by atoms with E-state index in [1.165, 1.54) is 11.1 Å². The molecule has 128 valence electrons. The van der Waals surface area contributed by atoms with Crippen LogP contribution in [-0.2, 0) is 4.79 Å². The Kier molecular flexibility index (Phi) is 6.02. The predicted molar refractivity (Wildman–Crippen MR) is 98.4 cm³/mol. The van der Waals surface area contributed by atoms with Gasteiger partial charge in [-0.25, -0.2) is 0 Å². The minimum atomic E-state index is -0.486. The molecule has 1 amide bonds. The first-order chi connectivity index (χ1) is 11.4. The molecule has 2 aromatic rings. The minimum absolute atomic E-state index is 0.0458. The van der Waals surface area contributed by atoms with Crippen LogP contribution in [0, 0.1) is 20.8 Å². The Labute approximate surface area is 145 Å². The Morgan fingerprint density at radius 3 is 2.29 bits per heavy atom. The summed E-state index contributed by atoms with van der Waals surface area (Å²) in [6, 6.07) is 14.1. The van der Waals surface area contributed by atoms with Crippen molar-refractivity contribution in [2.24, 2.45) is 0 Å². The summed E-state index contributed by atoms with van der Waals surface area (Å²) in [7, 11) is 0. The lowest BCUT2D eigenvalue weighted by Gasteiger charge is -2.21. The van der Waals surface area contributed by atoms with E-state index in [1.807, 2.05) is 51.1 Å². The average molecular weight is 325 g/mol. The van der Waals surface area contributed by atoms with E-state index in [0.29, 0.717) is 6.42 Å². The lowest BCUT2D eigenvalue weighted by Crippen LogP contribution is -2.39. The van der Waals surface area contributed by atoms with Crippen LogP contribution in [0.2, 0.25) is 0 Å². The van der Waals surface area contributed by atoms with Crippen LogP contribution in [0.15, 0.2) is 42.5 Å². The van der Waals surface area contributed by atoms with E-state index >= 15 is 0 Å². The number of hydrogen-bond acceptors (Lipinski definition) is 2. The van der Waals surface area contributed by atoms with E-state index < -0.39 is 6.10 Å². The summed E-state index contributed by atoms with van der Waals surface area (Å²) in [6.07, 6.45) is 0.138. The zero-order chi connectivity index (χ0) is 17.7. The summed E-state index contributed by atoms with van der Waals surface area (Å²) in [5.41, 5.74) is 4.68. The molecule has 2 atom stereocenters. The molecule has 0 saturated carbocycles. The molecule has 3 heteroatoms. The number of carbonyl (C=O) groups is 1. The highest BCUT2D eigenvalue weighted by Crippen LogP contribution is 2.19. The maximum atomic E-state index is 12.5. The molecule has 0 heterocycles. The Morgan fingerprint density at radius 2 is 1.71 bits per heavy atom. The predicted octanol–water partition coefficient (Wildman–Crippen LogP) is 4.65. The van der Waals surface area contributed by atoms with Crippen LogP contribution in [0.3, 0.4) is 0 Å². The van der Waals surface area contributed by atoms with Gasteiger partial charge in [0.2, 0.25) is 0 Å². The first-order valence-corrected chi connectivity index (χ1v) is 8.51. The molecule has 24 heavy (non-hydrogen) atoms. The van der Waals surface area contributed by atoms with Crippen LogP contribution < -0.4 is 10.1 Å². The van der Waals surface area contributed by atoms with Gasteiger partial charge in [-0.2, -0.15) is 0 Å². The zero-order valence-corrected chi connectivity index (χ0v) is 15.2. The van der Waals surface area contributed by atoms with Gasteiger partial charge in [0.15, 0.2) is 6.10 Å². The lowest BCUT2D eigenvalue weighted by atomic mass is 10.1. The van der Waals surface area contributed by atoms with Gasteiger partial charge in [-0.15, -0.1) is 0 Å². The number of carbonyl (C=O) groups excluding carboxylic acids is 1. The molecular formula is C21H27NO2. The highest BCUT2D eigenvalue weighted by Gasteiger charge is 2.20. The molecule has 0 aliphatic heterocycles. The highest BCUT2D eigenvalue weighted by atomic mass is 16.5. The fourth-order valence-electron chi connectivity index (χ4n) is 2.52. The van der Waals surface area contributed by atoms with Crippen molar-refractivity contribution in [2.45, 2.75) is 53.2 Å². The standard InChI is InChI=1S/C21H27NO2/c1-6-20(24-19-12-9-15(3)16(4)13-19)21(23)22-17(5)18-10-7-14(2)8-11-18/h7-13,17,20H,6H2,1-5H3,(H,22,23)/t17-,20-/m0/s1. The van der Waals surface area contributed by atoms with E-state index in [4.69, 9.17) is 4.74 Å². The van der Waals surface area contributed by atoms with Crippen LogP contribution in [0.1, 0.15) is 48.6 Å². The number of benzene rings is 2. The van der Waals surface area contributed by atoms with Crippen molar-refractivity contribution in [1.82, 2.24) is 5.32 Å². The fourth-order valence-corrected chi connectivity index (χ4v) is 2.52. The maximum absolute atomic E-state index is 12.5. The third-order valence-electron chi connectivity index (χ3n) is 4.36. The second-order valence-corrected chi connectivity index (χ2v) is 6.40. The van der Waals surface area contributed by atoms with E-state index in [1.54, 1.807) is 0 Å². The number of nitrogens with one attached hydrogen (secondary N) is 1. The number of hydrogen-bond donors (Lipinski definition) is 1. The number of amides is 1. The van der Waals surface area contributed by atoms with Crippen LogP contribution >= 0.6 is 0 Å². The molecule has 0 fully saturated rings. The molecule has 0 bridgehead atoms. The second-order valence-electron chi connectivity index (χ2n) is 6.40. The van der Waals surface area contributed by atoms with E-state index in [-0.39, 0.29) is 11.9 Å². The molecule has 0 aliphatic carbocycles. The number of rotatable bonds is 6. The van der Waals surface area contributed by atoms with Crippen molar-refractivity contribution >= 4 is 5.91 Å². The summed E-state index contributed by atoms with van der Waals surface area (Å²) >= 11 is 0.